The Bertz CT molecular complexity index is 989. The van der Waals surface area contributed by atoms with E-state index in [2.05, 4.69) is 11.9 Å². The number of thiazole rings is 1. The quantitative estimate of drug-likeness (QED) is 0.424. The number of nitrogens with zero attached hydrogens (tertiary/aromatic N) is 1. The van der Waals surface area contributed by atoms with Gasteiger partial charge in [0.15, 0.2) is 0 Å². The van der Waals surface area contributed by atoms with Gasteiger partial charge in [0.2, 0.25) is 0 Å². The zero-order valence-corrected chi connectivity index (χ0v) is 24.0. The highest BCUT2D eigenvalue weighted by atomic mass is 32.1. The van der Waals surface area contributed by atoms with Gasteiger partial charge in [-0.05, 0) is 43.8 Å². The van der Waals surface area contributed by atoms with Crippen LogP contribution in [0.3, 0.4) is 0 Å². The van der Waals surface area contributed by atoms with Crippen molar-refractivity contribution < 1.29 is 34.0 Å². The number of carbonyl (C=O) groups excluding carboxylic acids is 2. The maximum Gasteiger partial charge on any atom is 0.309 e. The molecule has 0 spiro atoms. The van der Waals surface area contributed by atoms with Crippen molar-refractivity contribution in [2.75, 3.05) is 7.11 Å². The summed E-state index contributed by atoms with van der Waals surface area (Å²) in [6.07, 6.45) is 2.66. The number of rotatable bonds is 4. The van der Waals surface area contributed by atoms with E-state index in [0.29, 0.717) is 17.3 Å². The maximum absolute atomic E-state index is 13.3. The highest BCUT2D eigenvalue weighted by molar-refractivity contribution is 7.11. The number of methoxy groups -OCH3 is 1. The molecule has 1 aromatic heterocycles. The lowest BCUT2D eigenvalue weighted by Crippen LogP contribution is -2.45. The highest BCUT2D eigenvalue weighted by Crippen LogP contribution is 2.47. The van der Waals surface area contributed by atoms with E-state index >= 15 is 0 Å². The Hall–Kier alpha value is -1.81. The molecule has 0 aliphatic carbocycles. The number of ether oxygens (including phenoxy) is 3. The Morgan fingerprint density at radius 2 is 2.00 bits per heavy atom. The zero-order valence-electron chi connectivity index (χ0n) is 23.2. The van der Waals surface area contributed by atoms with E-state index in [4.69, 9.17) is 14.2 Å². The van der Waals surface area contributed by atoms with E-state index in [9.17, 15) is 19.8 Å². The molecule has 2 saturated heterocycles. The molecule has 3 rings (SSSR count). The average molecular weight is 538 g/mol. The summed E-state index contributed by atoms with van der Waals surface area (Å²) in [4.78, 5) is 30.7. The fourth-order valence-electron chi connectivity index (χ4n) is 5.41. The lowest BCUT2D eigenvalue weighted by atomic mass is 9.73. The molecule has 0 bridgehead atoms. The topological polar surface area (TPSA) is 118 Å². The second-order valence-corrected chi connectivity index (χ2v) is 12.1. The van der Waals surface area contributed by atoms with Crippen LogP contribution in [0.5, 0.6) is 5.19 Å². The number of hydrogen-bond acceptors (Lipinski definition) is 9. The Kier molecular flexibility index (Phi) is 9.59. The van der Waals surface area contributed by atoms with Crippen molar-refractivity contribution >= 4 is 29.2 Å². The fraction of sp³-hybridized carbons (Fsp3) is 0.750. The molecule has 0 aromatic carbocycles. The molecule has 2 N–H and O–H groups in total. The number of carbonyl (C=O) groups is 2. The van der Waals surface area contributed by atoms with Crippen molar-refractivity contribution in [3.8, 4) is 5.19 Å². The van der Waals surface area contributed by atoms with Gasteiger partial charge in [-0.2, -0.15) is 0 Å². The summed E-state index contributed by atoms with van der Waals surface area (Å²) in [5, 5.41) is 24.2. The largest absolute Gasteiger partial charge is 0.473 e. The molecule has 7 atom stereocenters. The van der Waals surface area contributed by atoms with Crippen LogP contribution in [-0.4, -0.2) is 64.1 Å². The monoisotopic (exact) mass is 537 g/mol. The van der Waals surface area contributed by atoms with Crippen LogP contribution in [0.15, 0.2) is 11.0 Å². The first-order valence-corrected chi connectivity index (χ1v) is 14.2. The SMILES string of the molecule is CC[C@@]12CCC[C@H](C)[C@H](O)[C@@H](C)C(=O)C(C)(C)[C@@H](O)CC(=O)O[C@H](/C(C)=C/c3csc(OC)n3)C[C@@H]1O2. The van der Waals surface area contributed by atoms with Crippen LogP contribution in [0.4, 0.5) is 0 Å². The van der Waals surface area contributed by atoms with Gasteiger partial charge in [0.25, 0.3) is 5.19 Å². The van der Waals surface area contributed by atoms with Crippen molar-refractivity contribution in [1.82, 2.24) is 4.98 Å². The number of hydrogen-bond donors (Lipinski definition) is 2. The van der Waals surface area contributed by atoms with Crippen molar-refractivity contribution in [1.29, 1.82) is 0 Å². The van der Waals surface area contributed by atoms with Gasteiger partial charge in [-0.25, -0.2) is 4.98 Å². The molecule has 8 nitrogen and oxygen atoms in total. The van der Waals surface area contributed by atoms with Gasteiger partial charge in [-0.3, -0.25) is 9.59 Å². The molecule has 2 fully saturated rings. The van der Waals surface area contributed by atoms with Crippen LogP contribution >= 0.6 is 11.3 Å². The minimum absolute atomic E-state index is 0.0568. The molecule has 1 aromatic rings. The van der Waals surface area contributed by atoms with Gasteiger partial charge in [-0.1, -0.05) is 52.4 Å². The van der Waals surface area contributed by atoms with Crippen LogP contribution in [0, 0.1) is 17.3 Å². The number of esters is 1. The number of fused-ring (bicyclic) bond motifs is 1. The average Bonchev–Trinajstić information content (AvgIpc) is 3.34. The molecular weight excluding hydrogens is 494 g/mol. The molecule has 9 heteroatoms. The number of ketones is 1. The minimum Gasteiger partial charge on any atom is -0.473 e. The smallest absolute Gasteiger partial charge is 0.309 e. The molecule has 208 valence electrons. The molecule has 2 aliphatic heterocycles. The molecule has 0 unspecified atom stereocenters. The summed E-state index contributed by atoms with van der Waals surface area (Å²) < 4.78 is 17.3. The summed E-state index contributed by atoms with van der Waals surface area (Å²) in [5.41, 5.74) is 0.0388. The first-order valence-electron chi connectivity index (χ1n) is 13.3. The van der Waals surface area contributed by atoms with Gasteiger partial charge >= 0.3 is 5.97 Å². The molecule has 0 amide bonds. The van der Waals surface area contributed by atoms with Crippen LogP contribution in [0.25, 0.3) is 6.08 Å². The summed E-state index contributed by atoms with van der Waals surface area (Å²) in [5.74, 6) is -1.59. The van der Waals surface area contributed by atoms with Gasteiger partial charge < -0.3 is 24.4 Å². The second kappa shape index (κ2) is 11.9. The molecule has 0 saturated carbocycles. The second-order valence-electron chi connectivity index (χ2n) is 11.3. The summed E-state index contributed by atoms with van der Waals surface area (Å²) in [7, 11) is 1.57. The number of epoxide rings is 1. The van der Waals surface area contributed by atoms with Crippen molar-refractivity contribution in [3.63, 3.8) is 0 Å². The highest BCUT2D eigenvalue weighted by Gasteiger charge is 2.55. The predicted octanol–water partition coefficient (Wildman–Crippen LogP) is 4.57. The van der Waals surface area contributed by atoms with Gasteiger partial charge in [-0.15, -0.1) is 0 Å². The van der Waals surface area contributed by atoms with Crippen LogP contribution in [0.1, 0.15) is 85.8 Å². The molecule has 37 heavy (non-hydrogen) atoms. The lowest BCUT2D eigenvalue weighted by Gasteiger charge is -2.34. The Morgan fingerprint density at radius 1 is 1.30 bits per heavy atom. The van der Waals surface area contributed by atoms with Gasteiger partial charge in [0, 0.05) is 17.7 Å². The Labute approximate surface area is 224 Å². The third kappa shape index (κ3) is 6.80. The lowest BCUT2D eigenvalue weighted by molar-refractivity contribution is -0.154. The maximum atomic E-state index is 13.3. The van der Waals surface area contributed by atoms with E-state index in [1.807, 2.05) is 25.3 Å². The summed E-state index contributed by atoms with van der Waals surface area (Å²) >= 11 is 1.38. The third-order valence-corrected chi connectivity index (χ3v) is 9.18. The normalized spacial score (nSPS) is 36.0. The van der Waals surface area contributed by atoms with Crippen molar-refractivity contribution in [3.05, 3.63) is 16.6 Å². The summed E-state index contributed by atoms with van der Waals surface area (Å²) in [6, 6.07) is 0. The molecule has 3 heterocycles. The first kappa shape index (κ1) is 29.7. The van der Waals surface area contributed by atoms with Crippen LogP contribution < -0.4 is 4.74 Å². The Morgan fingerprint density at radius 3 is 2.62 bits per heavy atom. The van der Waals surface area contributed by atoms with E-state index in [-0.39, 0.29) is 29.8 Å². The van der Waals surface area contributed by atoms with Crippen LogP contribution in [-0.2, 0) is 19.1 Å². The third-order valence-electron chi connectivity index (χ3n) is 8.36. The number of cyclic esters (lactones) is 1. The predicted molar refractivity (Wildman–Crippen MR) is 142 cm³/mol. The standard InChI is InChI=1S/C28H43NO7S/c1-8-28-11-9-10-16(2)24(32)18(4)25(33)27(5,6)21(30)14-23(31)35-20(13-22(28)36-28)17(3)12-19-15-37-26(29-19)34-7/h12,15-16,18,20-22,24,30,32H,8-11,13-14H2,1-7H3/b17-12+/t16-,18+,20-,21-,22-,24-,28+/m0/s1. The minimum atomic E-state index is -1.25. The number of aromatic nitrogens is 1. The number of Topliss-reactive ketones (excluding diaryl/α,β-unsaturated/α-hetero) is 1. The van der Waals surface area contributed by atoms with E-state index in [1.165, 1.54) is 11.3 Å². The first-order chi connectivity index (χ1) is 17.3. The van der Waals surface area contributed by atoms with E-state index in [0.717, 1.165) is 31.3 Å². The molecular formula is C28H43NO7S. The zero-order chi connectivity index (χ0) is 27.5. The van der Waals surface area contributed by atoms with Gasteiger partial charge in [0.05, 0.1) is 48.6 Å². The molecule has 2 aliphatic rings. The Balaban J connectivity index is 1.88. The summed E-state index contributed by atoms with van der Waals surface area (Å²) in [6.45, 7) is 10.9. The number of aliphatic hydroxyl groups is 2. The van der Waals surface area contributed by atoms with Crippen LogP contribution in [0.2, 0.25) is 0 Å². The van der Waals surface area contributed by atoms with Gasteiger partial charge in [0.1, 0.15) is 11.9 Å². The fourth-order valence-corrected chi connectivity index (χ4v) is 6.01. The number of aliphatic hydroxyl groups excluding tert-OH is 2. The van der Waals surface area contributed by atoms with E-state index < -0.39 is 35.6 Å². The molecule has 0 radical (unpaired) electrons. The van der Waals surface area contributed by atoms with Crippen molar-refractivity contribution in [2.45, 2.75) is 110 Å². The van der Waals surface area contributed by atoms with Crippen molar-refractivity contribution in [2.24, 2.45) is 17.3 Å². The van der Waals surface area contributed by atoms with E-state index in [1.54, 1.807) is 27.9 Å².